The summed E-state index contributed by atoms with van der Waals surface area (Å²) < 4.78 is 16.8. The number of aromatic nitrogens is 1. The second-order valence-electron chi connectivity index (χ2n) is 4.43. The number of fused-ring (bicyclic) bond motifs is 1. The van der Waals surface area contributed by atoms with E-state index in [-0.39, 0.29) is 13.4 Å². The Bertz CT molecular complexity index is 723. The fourth-order valence-electron chi connectivity index (χ4n) is 2.00. The molecule has 22 heavy (non-hydrogen) atoms. The first-order valence-electron chi connectivity index (χ1n) is 6.43. The summed E-state index contributed by atoms with van der Waals surface area (Å²) in [4.78, 5) is 16.4. The Morgan fingerprint density at radius 1 is 1.41 bits per heavy atom. The van der Waals surface area contributed by atoms with Gasteiger partial charge < -0.3 is 14.2 Å². The molecule has 0 saturated heterocycles. The van der Waals surface area contributed by atoms with Gasteiger partial charge >= 0.3 is 5.97 Å². The normalized spacial score (nSPS) is 12.3. The minimum atomic E-state index is -0.401. The zero-order valence-corrected chi connectivity index (χ0v) is 14.1. The van der Waals surface area contributed by atoms with Crippen molar-refractivity contribution < 1.29 is 19.0 Å². The highest BCUT2D eigenvalue weighted by molar-refractivity contribution is 9.10. The number of hydrogen-bond donors (Lipinski definition) is 0. The van der Waals surface area contributed by atoms with Gasteiger partial charge in [0.2, 0.25) is 6.79 Å². The standard InChI is InChI=1S/C15H12BrNO4S/c1-22-14-10(3-2-4-17-14)15(18)19-7-9-5-12-13(6-11(9)16)21-8-20-12/h2-6H,7-8H2,1H3. The molecule has 0 radical (unpaired) electrons. The molecule has 7 heteroatoms. The van der Waals surface area contributed by atoms with E-state index in [2.05, 4.69) is 20.9 Å². The summed E-state index contributed by atoms with van der Waals surface area (Å²) in [5.41, 5.74) is 1.28. The Balaban J connectivity index is 1.74. The second kappa shape index (κ2) is 6.58. The van der Waals surface area contributed by atoms with Crippen LogP contribution in [-0.4, -0.2) is 24.0 Å². The molecule has 0 aliphatic carbocycles. The van der Waals surface area contributed by atoms with Crippen molar-refractivity contribution in [3.05, 3.63) is 46.1 Å². The number of carbonyl (C=O) groups is 1. The van der Waals surface area contributed by atoms with E-state index in [0.29, 0.717) is 22.1 Å². The summed E-state index contributed by atoms with van der Waals surface area (Å²) in [7, 11) is 0. The maximum Gasteiger partial charge on any atom is 0.341 e. The molecule has 1 aliphatic heterocycles. The van der Waals surface area contributed by atoms with E-state index in [9.17, 15) is 4.79 Å². The van der Waals surface area contributed by atoms with Crippen molar-refractivity contribution in [1.29, 1.82) is 0 Å². The number of hydrogen-bond acceptors (Lipinski definition) is 6. The van der Waals surface area contributed by atoms with Crippen molar-refractivity contribution in [3.63, 3.8) is 0 Å². The first-order chi connectivity index (χ1) is 10.7. The third kappa shape index (κ3) is 3.05. The van der Waals surface area contributed by atoms with Gasteiger partial charge in [0.15, 0.2) is 11.5 Å². The van der Waals surface area contributed by atoms with E-state index in [4.69, 9.17) is 14.2 Å². The van der Waals surface area contributed by atoms with Gasteiger partial charge in [0.1, 0.15) is 11.6 Å². The van der Waals surface area contributed by atoms with Gasteiger partial charge in [-0.15, -0.1) is 11.8 Å². The van der Waals surface area contributed by atoms with E-state index in [1.54, 1.807) is 24.4 Å². The summed E-state index contributed by atoms with van der Waals surface area (Å²) >= 11 is 4.85. The Kier molecular flexibility index (Phi) is 4.54. The van der Waals surface area contributed by atoms with Gasteiger partial charge in [-0.3, -0.25) is 0 Å². The lowest BCUT2D eigenvalue weighted by Gasteiger charge is -2.09. The molecule has 0 amide bonds. The zero-order valence-electron chi connectivity index (χ0n) is 11.7. The minimum Gasteiger partial charge on any atom is -0.457 e. The molecule has 0 N–H and O–H groups in total. The van der Waals surface area contributed by atoms with Gasteiger partial charge in [-0.1, -0.05) is 15.9 Å². The fourth-order valence-corrected chi connectivity index (χ4v) is 2.97. The second-order valence-corrected chi connectivity index (χ2v) is 6.08. The largest absolute Gasteiger partial charge is 0.457 e. The van der Waals surface area contributed by atoms with Crippen LogP contribution in [0.25, 0.3) is 0 Å². The highest BCUT2D eigenvalue weighted by atomic mass is 79.9. The van der Waals surface area contributed by atoms with E-state index < -0.39 is 5.97 Å². The highest BCUT2D eigenvalue weighted by Crippen LogP contribution is 2.37. The minimum absolute atomic E-state index is 0.138. The van der Waals surface area contributed by atoms with Crippen LogP contribution < -0.4 is 9.47 Å². The zero-order chi connectivity index (χ0) is 15.5. The van der Waals surface area contributed by atoms with Crippen LogP contribution in [0, 0.1) is 0 Å². The van der Waals surface area contributed by atoms with Crippen LogP contribution in [0.15, 0.2) is 40.0 Å². The van der Waals surface area contributed by atoms with E-state index in [0.717, 1.165) is 10.0 Å². The van der Waals surface area contributed by atoms with Crippen LogP contribution >= 0.6 is 27.7 Å². The number of carbonyl (C=O) groups excluding carboxylic acids is 1. The van der Waals surface area contributed by atoms with Crippen LogP contribution in [-0.2, 0) is 11.3 Å². The number of esters is 1. The Morgan fingerprint density at radius 3 is 2.95 bits per heavy atom. The van der Waals surface area contributed by atoms with Gasteiger partial charge in [-0.05, 0) is 30.5 Å². The summed E-state index contributed by atoms with van der Waals surface area (Å²) in [5, 5.41) is 0.650. The molecule has 0 unspecified atom stereocenters. The molecule has 1 aromatic heterocycles. The first-order valence-corrected chi connectivity index (χ1v) is 8.45. The molecule has 0 atom stereocenters. The number of pyridine rings is 1. The predicted octanol–water partition coefficient (Wildman–Crippen LogP) is 3.65. The third-order valence-corrected chi connectivity index (χ3v) is 4.54. The fraction of sp³-hybridized carbons (Fsp3) is 0.200. The van der Waals surface area contributed by atoms with Crippen molar-refractivity contribution in [2.75, 3.05) is 13.0 Å². The lowest BCUT2D eigenvalue weighted by Crippen LogP contribution is -2.07. The molecule has 2 aromatic rings. The molecule has 0 bridgehead atoms. The van der Waals surface area contributed by atoms with Crippen molar-refractivity contribution in [2.24, 2.45) is 0 Å². The maximum atomic E-state index is 12.2. The Hall–Kier alpha value is -1.73. The van der Waals surface area contributed by atoms with Crippen LogP contribution in [0.1, 0.15) is 15.9 Å². The Labute approximate surface area is 140 Å². The summed E-state index contributed by atoms with van der Waals surface area (Å²) in [5.74, 6) is 0.932. The van der Waals surface area contributed by atoms with E-state index >= 15 is 0 Å². The van der Waals surface area contributed by atoms with Crippen molar-refractivity contribution >= 4 is 33.7 Å². The quantitative estimate of drug-likeness (QED) is 0.594. The summed E-state index contributed by atoms with van der Waals surface area (Å²) in [6, 6.07) is 7.03. The first kappa shape index (κ1) is 15.2. The van der Waals surface area contributed by atoms with Crippen molar-refractivity contribution in [3.8, 4) is 11.5 Å². The van der Waals surface area contributed by atoms with Crippen molar-refractivity contribution in [1.82, 2.24) is 4.98 Å². The molecule has 2 heterocycles. The molecule has 0 saturated carbocycles. The number of halogens is 1. The molecule has 114 valence electrons. The van der Waals surface area contributed by atoms with Gasteiger partial charge in [-0.25, -0.2) is 9.78 Å². The Morgan fingerprint density at radius 2 is 2.18 bits per heavy atom. The maximum absolute atomic E-state index is 12.2. The topological polar surface area (TPSA) is 57.7 Å². The number of benzene rings is 1. The number of ether oxygens (including phenoxy) is 3. The lowest BCUT2D eigenvalue weighted by atomic mass is 10.2. The third-order valence-electron chi connectivity index (χ3n) is 3.08. The highest BCUT2D eigenvalue weighted by Gasteiger charge is 2.18. The summed E-state index contributed by atoms with van der Waals surface area (Å²) in [6.07, 6.45) is 3.52. The smallest absolute Gasteiger partial charge is 0.341 e. The van der Waals surface area contributed by atoms with Crippen molar-refractivity contribution in [2.45, 2.75) is 11.6 Å². The van der Waals surface area contributed by atoms with Crippen LogP contribution in [0.4, 0.5) is 0 Å². The van der Waals surface area contributed by atoms with Gasteiger partial charge in [-0.2, -0.15) is 0 Å². The molecular weight excluding hydrogens is 370 g/mol. The summed E-state index contributed by atoms with van der Waals surface area (Å²) in [6.45, 7) is 0.344. The lowest BCUT2D eigenvalue weighted by molar-refractivity contribution is 0.0466. The number of nitrogens with zero attached hydrogens (tertiary/aromatic N) is 1. The van der Waals surface area contributed by atoms with Crippen LogP contribution in [0.3, 0.4) is 0 Å². The van der Waals surface area contributed by atoms with Gasteiger partial charge in [0, 0.05) is 16.2 Å². The van der Waals surface area contributed by atoms with E-state index in [1.165, 1.54) is 11.8 Å². The molecule has 1 aliphatic rings. The monoisotopic (exact) mass is 381 g/mol. The SMILES string of the molecule is CSc1ncccc1C(=O)OCc1cc2c(cc1Br)OCO2. The van der Waals surface area contributed by atoms with Gasteiger partial charge in [0.25, 0.3) is 0 Å². The van der Waals surface area contributed by atoms with Crippen LogP contribution in [0.5, 0.6) is 11.5 Å². The molecule has 5 nitrogen and oxygen atoms in total. The van der Waals surface area contributed by atoms with E-state index in [1.807, 2.05) is 12.3 Å². The average Bonchev–Trinajstić information content (AvgIpc) is 2.99. The number of rotatable bonds is 4. The molecular formula is C15H12BrNO4S. The number of thioether (sulfide) groups is 1. The molecule has 3 rings (SSSR count). The van der Waals surface area contributed by atoms with Crippen LogP contribution in [0.2, 0.25) is 0 Å². The molecule has 1 aromatic carbocycles. The van der Waals surface area contributed by atoms with Gasteiger partial charge in [0.05, 0.1) is 5.56 Å². The predicted molar refractivity (Wildman–Crippen MR) is 85.4 cm³/mol. The molecule has 0 fully saturated rings. The molecule has 0 spiro atoms. The average molecular weight is 382 g/mol.